The van der Waals surface area contributed by atoms with E-state index in [9.17, 15) is 0 Å². The smallest absolute Gasteiger partial charge is 0.0333 e. The number of likely N-dealkylation sites (N-methyl/N-ethyl adjacent to an activating group) is 1. The minimum Gasteiger partial charge on any atom is -0.329 e. The lowest BCUT2D eigenvalue weighted by Gasteiger charge is -2.49. The summed E-state index contributed by atoms with van der Waals surface area (Å²) in [4.78, 5) is 5.28. The quantitative estimate of drug-likeness (QED) is 0.797. The maximum Gasteiger partial charge on any atom is 0.0333 e. The molecule has 1 saturated heterocycles. The van der Waals surface area contributed by atoms with Crippen molar-refractivity contribution in [1.82, 2.24) is 9.80 Å². The Morgan fingerprint density at radius 2 is 2.00 bits per heavy atom. The molecule has 3 unspecified atom stereocenters. The zero-order chi connectivity index (χ0) is 13.9. The highest BCUT2D eigenvalue weighted by molar-refractivity contribution is 4.97. The van der Waals surface area contributed by atoms with E-state index in [1.165, 1.54) is 58.2 Å². The molecule has 3 nitrogen and oxygen atoms in total. The summed E-state index contributed by atoms with van der Waals surface area (Å²) in [6.45, 7) is 9.20. The predicted molar refractivity (Wildman–Crippen MR) is 82.3 cm³/mol. The van der Waals surface area contributed by atoms with Gasteiger partial charge in [0.15, 0.2) is 0 Å². The molecule has 0 aromatic rings. The Balaban J connectivity index is 2.07. The summed E-state index contributed by atoms with van der Waals surface area (Å²) >= 11 is 0. The third-order valence-electron chi connectivity index (χ3n) is 5.74. The molecular weight excluding hydrogens is 234 g/mol. The summed E-state index contributed by atoms with van der Waals surface area (Å²) < 4.78 is 0. The second-order valence-electron chi connectivity index (χ2n) is 6.95. The molecule has 1 aliphatic heterocycles. The van der Waals surface area contributed by atoms with Crippen LogP contribution in [-0.2, 0) is 0 Å². The van der Waals surface area contributed by atoms with Gasteiger partial charge in [-0.3, -0.25) is 4.90 Å². The summed E-state index contributed by atoms with van der Waals surface area (Å²) in [6.07, 6.45) is 8.00. The van der Waals surface area contributed by atoms with Gasteiger partial charge in [0.05, 0.1) is 0 Å². The molecule has 0 aromatic heterocycles. The summed E-state index contributed by atoms with van der Waals surface area (Å²) in [5, 5.41) is 0. The van der Waals surface area contributed by atoms with Crippen LogP contribution in [0.25, 0.3) is 0 Å². The average Bonchev–Trinajstić information content (AvgIpc) is 2.62. The highest BCUT2D eigenvalue weighted by Crippen LogP contribution is 2.35. The number of hydrogen-bond acceptors (Lipinski definition) is 3. The fraction of sp³-hybridized carbons (Fsp3) is 1.00. The molecule has 2 rings (SSSR count). The Labute approximate surface area is 119 Å². The lowest BCUT2D eigenvalue weighted by molar-refractivity contribution is 0.00325. The van der Waals surface area contributed by atoms with E-state index in [2.05, 4.69) is 30.7 Å². The second-order valence-corrected chi connectivity index (χ2v) is 6.95. The van der Waals surface area contributed by atoms with E-state index in [0.717, 1.165) is 18.5 Å². The number of nitrogens with zero attached hydrogens (tertiary/aromatic N) is 2. The van der Waals surface area contributed by atoms with E-state index in [-0.39, 0.29) is 0 Å². The van der Waals surface area contributed by atoms with Gasteiger partial charge >= 0.3 is 0 Å². The summed E-state index contributed by atoms with van der Waals surface area (Å²) in [5.41, 5.74) is 6.56. The van der Waals surface area contributed by atoms with Crippen molar-refractivity contribution in [3.8, 4) is 0 Å². The van der Waals surface area contributed by atoms with Crippen LogP contribution in [0.2, 0.25) is 0 Å². The van der Waals surface area contributed by atoms with Gasteiger partial charge in [0.25, 0.3) is 0 Å². The van der Waals surface area contributed by atoms with Crippen LogP contribution in [0.5, 0.6) is 0 Å². The van der Waals surface area contributed by atoms with Crippen molar-refractivity contribution >= 4 is 0 Å². The van der Waals surface area contributed by atoms with Crippen molar-refractivity contribution in [2.75, 3.05) is 33.2 Å². The Morgan fingerprint density at radius 1 is 1.21 bits per heavy atom. The van der Waals surface area contributed by atoms with Gasteiger partial charge in [0, 0.05) is 37.8 Å². The molecule has 19 heavy (non-hydrogen) atoms. The third-order valence-corrected chi connectivity index (χ3v) is 5.74. The summed E-state index contributed by atoms with van der Waals surface area (Å²) in [5.74, 6) is 0.892. The van der Waals surface area contributed by atoms with Crippen LogP contribution in [0.3, 0.4) is 0 Å². The van der Waals surface area contributed by atoms with Crippen molar-refractivity contribution in [3.63, 3.8) is 0 Å². The van der Waals surface area contributed by atoms with Crippen molar-refractivity contribution in [2.45, 2.75) is 64.0 Å². The number of nitrogens with two attached hydrogens (primary N) is 1. The van der Waals surface area contributed by atoms with E-state index in [0.29, 0.717) is 5.54 Å². The van der Waals surface area contributed by atoms with Gasteiger partial charge in [-0.25, -0.2) is 0 Å². The van der Waals surface area contributed by atoms with Gasteiger partial charge < -0.3 is 10.6 Å². The molecular formula is C16H33N3. The van der Waals surface area contributed by atoms with Crippen LogP contribution >= 0.6 is 0 Å². The third kappa shape index (κ3) is 3.32. The molecule has 2 fully saturated rings. The fourth-order valence-corrected chi connectivity index (χ4v) is 4.03. The maximum atomic E-state index is 6.25. The van der Waals surface area contributed by atoms with Crippen LogP contribution in [0.1, 0.15) is 52.4 Å². The van der Waals surface area contributed by atoms with Crippen LogP contribution < -0.4 is 5.73 Å². The summed E-state index contributed by atoms with van der Waals surface area (Å²) in [6, 6.07) is 0.720. The molecule has 1 aliphatic carbocycles. The Kier molecular flexibility index (Phi) is 5.27. The van der Waals surface area contributed by atoms with E-state index in [1.807, 2.05) is 0 Å². The molecule has 0 aromatic carbocycles. The lowest BCUT2D eigenvalue weighted by Crippen LogP contribution is -2.62. The highest BCUT2D eigenvalue weighted by Gasteiger charge is 2.39. The minimum absolute atomic E-state index is 0.305. The first kappa shape index (κ1) is 15.3. The first-order chi connectivity index (χ1) is 9.11. The highest BCUT2D eigenvalue weighted by atomic mass is 15.3. The van der Waals surface area contributed by atoms with Gasteiger partial charge in [-0.1, -0.05) is 26.7 Å². The Morgan fingerprint density at radius 3 is 2.68 bits per heavy atom. The molecule has 2 N–H and O–H groups in total. The molecule has 0 spiro atoms. The molecule has 1 saturated carbocycles. The van der Waals surface area contributed by atoms with Gasteiger partial charge in [-0.15, -0.1) is 0 Å². The van der Waals surface area contributed by atoms with Crippen molar-refractivity contribution < 1.29 is 0 Å². The maximum absolute atomic E-state index is 6.25. The average molecular weight is 267 g/mol. The number of piperazine rings is 1. The molecule has 2 aliphatic rings. The molecule has 0 amide bonds. The molecule has 3 heteroatoms. The van der Waals surface area contributed by atoms with Crippen LogP contribution in [0, 0.1) is 5.92 Å². The Bertz CT molecular complexity index is 281. The van der Waals surface area contributed by atoms with E-state index in [4.69, 9.17) is 5.73 Å². The van der Waals surface area contributed by atoms with Crippen LogP contribution in [0.4, 0.5) is 0 Å². The first-order valence-corrected chi connectivity index (χ1v) is 8.26. The van der Waals surface area contributed by atoms with Crippen molar-refractivity contribution in [3.05, 3.63) is 0 Å². The lowest BCUT2D eigenvalue weighted by atomic mass is 9.86. The first-order valence-electron chi connectivity index (χ1n) is 8.26. The largest absolute Gasteiger partial charge is 0.329 e. The minimum atomic E-state index is 0.305. The molecule has 112 valence electrons. The molecule has 0 bridgehead atoms. The zero-order valence-electron chi connectivity index (χ0n) is 13.2. The van der Waals surface area contributed by atoms with Crippen LogP contribution in [0.15, 0.2) is 0 Å². The van der Waals surface area contributed by atoms with Gasteiger partial charge in [-0.2, -0.15) is 0 Å². The van der Waals surface area contributed by atoms with Crippen molar-refractivity contribution in [2.24, 2.45) is 11.7 Å². The Hall–Kier alpha value is -0.120. The summed E-state index contributed by atoms with van der Waals surface area (Å²) in [7, 11) is 2.27. The molecule has 1 heterocycles. The number of rotatable bonds is 3. The van der Waals surface area contributed by atoms with E-state index in [1.54, 1.807) is 0 Å². The SMILES string of the molecule is CCC1CN(C2(CN)CCCC(C)CC2)CCN1C. The normalized spacial score (nSPS) is 39.2. The standard InChI is InChI=1S/C16H33N3/c1-4-15-12-19(11-10-18(15)3)16(13-17)8-5-6-14(2)7-9-16/h14-15H,4-13,17H2,1-3H3. The second kappa shape index (κ2) is 6.55. The molecule has 0 radical (unpaired) electrons. The van der Waals surface area contributed by atoms with E-state index < -0.39 is 0 Å². The zero-order valence-corrected chi connectivity index (χ0v) is 13.2. The molecule has 3 atom stereocenters. The van der Waals surface area contributed by atoms with Gasteiger partial charge in [0.1, 0.15) is 0 Å². The van der Waals surface area contributed by atoms with Gasteiger partial charge in [0.2, 0.25) is 0 Å². The predicted octanol–water partition coefficient (Wildman–Crippen LogP) is 2.31. The number of hydrogen-bond donors (Lipinski definition) is 1. The van der Waals surface area contributed by atoms with Gasteiger partial charge in [-0.05, 0) is 38.6 Å². The topological polar surface area (TPSA) is 32.5 Å². The monoisotopic (exact) mass is 267 g/mol. The van der Waals surface area contributed by atoms with Crippen molar-refractivity contribution in [1.29, 1.82) is 0 Å². The van der Waals surface area contributed by atoms with E-state index >= 15 is 0 Å². The fourth-order valence-electron chi connectivity index (χ4n) is 4.03. The van der Waals surface area contributed by atoms with Crippen LogP contribution in [-0.4, -0.2) is 54.6 Å².